The van der Waals surface area contributed by atoms with Crippen molar-refractivity contribution >= 4 is 34.6 Å². The van der Waals surface area contributed by atoms with Gasteiger partial charge in [0.25, 0.3) is 0 Å². The zero-order chi connectivity index (χ0) is 10.7. The lowest BCUT2D eigenvalue weighted by molar-refractivity contribution is 1.54. The first-order chi connectivity index (χ1) is 7.25. The van der Waals surface area contributed by atoms with Gasteiger partial charge in [-0.1, -0.05) is 35.3 Å². The second-order valence-electron chi connectivity index (χ2n) is 3.02. The van der Waals surface area contributed by atoms with Gasteiger partial charge in [-0.15, -0.1) is 0 Å². The summed E-state index contributed by atoms with van der Waals surface area (Å²) in [6, 6.07) is 15.9. The highest BCUT2D eigenvalue weighted by Gasteiger charge is 1.99. The van der Waals surface area contributed by atoms with Gasteiger partial charge < -0.3 is 5.32 Å². The van der Waals surface area contributed by atoms with E-state index in [0.29, 0.717) is 10.0 Å². The first-order valence-corrected chi connectivity index (χ1v) is 5.20. The Morgan fingerprint density at radius 2 is 1.73 bits per heavy atom. The van der Waals surface area contributed by atoms with E-state index in [2.05, 4.69) is 11.4 Å². The Morgan fingerprint density at radius 1 is 1.00 bits per heavy atom. The van der Waals surface area contributed by atoms with E-state index in [1.807, 2.05) is 42.5 Å². The molecule has 15 heavy (non-hydrogen) atoms. The number of anilines is 2. The molecular weight excluding hydrogens is 229 g/mol. The van der Waals surface area contributed by atoms with Crippen molar-refractivity contribution in [2.75, 3.05) is 5.32 Å². The molecule has 0 heterocycles. The van der Waals surface area contributed by atoms with Crippen LogP contribution in [0, 0.1) is 6.07 Å². The number of hydrogen-bond acceptors (Lipinski definition) is 1. The zero-order valence-electron chi connectivity index (χ0n) is 7.80. The van der Waals surface area contributed by atoms with Crippen LogP contribution in [0.1, 0.15) is 0 Å². The molecule has 0 atom stereocenters. The minimum atomic E-state index is 0.646. The summed E-state index contributed by atoms with van der Waals surface area (Å²) >= 11 is 11.8. The van der Waals surface area contributed by atoms with Crippen molar-refractivity contribution in [3.8, 4) is 0 Å². The van der Waals surface area contributed by atoms with Gasteiger partial charge in [0.2, 0.25) is 0 Å². The molecule has 0 saturated carbocycles. The van der Waals surface area contributed by atoms with Gasteiger partial charge in [0.1, 0.15) is 0 Å². The van der Waals surface area contributed by atoms with Crippen molar-refractivity contribution in [1.82, 2.24) is 0 Å². The number of nitrogens with one attached hydrogen (secondary N) is 1. The molecule has 0 unspecified atom stereocenters. The van der Waals surface area contributed by atoms with Crippen LogP contribution in [0.4, 0.5) is 11.4 Å². The van der Waals surface area contributed by atoms with E-state index >= 15 is 0 Å². The van der Waals surface area contributed by atoms with Gasteiger partial charge in [-0.3, -0.25) is 0 Å². The Bertz CT molecular complexity index is 451. The maximum Gasteiger partial charge on any atom is 0.0654 e. The maximum absolute atomic E-state index is 5.99. The highest BCUT2D eigenvalue weighted by Crippen LogP contribution is 2.24. The van der Waals surface area contributed by atoms with E-state index in [0.717, 1.165) is 11.4 Å². The quantitative estimate of drug-likeness (QED) is 0.808. The van der Waals surface area contributed by atoms with E-state index in [9.17, 15) is 0 Å². The number of para-hydroxylation sites is 1. The van der Waals surface area contributed by atoms with Crippen LogP contribution >= 0.6 is 23.2 Å². The monoisotopic (exact) mass is 236 g/mol. The molecule has 0 amide bonds. The fourth-order valence-corrected chi connectivity index (χ4v) is 1.49. The van der Waals surface area contributed by atoms with E-state index in [4.69, 9.17) is 23.2 Å². The van der Waals surface area contributed by atoms with Crippen LogP contribution in [-0.4, -0.2) is 0 Å². The van der Waals surface area contributed by atoms with Crippen molar-refractivity contribution in [2.24, 2.45) is 0 Å². The van der Waals surface area contributed by atoms with Crippen molar-refractivity contribution in [2.45, 2.75) is 0 Å². The lowest BCUT2D eigenvalue weighted by Gasteiger charge is -2.07. The topological polar surface area (TPSA) is 12.0 Å². The summed E-state index contributed by atoms with van der Waals surface area (Å²) in [5, 5.41) is 4.51. The summed E-state index contributed by atoms with van der Waals surface area (Å²) in [5.41, 5.74) is 1.70. The Hall–Kier alpha value is -1.18. The number of benzene rings is 2. The normalized spacial score (nSPS) is 10.0. The van der Waals surface area contributed by atoms with Crippen molar-refractivity contribution in [3.63, 3.8) is 0 Å². The van der Waals surface area contributed by atoms with Gasteiger partial charge in [-0.25, -0.2) is 0 Å². The van der Waals surface area contributed by atoms with E-state index in [1.54, 1.807) is 0 Å². The molecule has 3 heteroatoms. The number of hydrogen-bond donors (Lipinski definition) is 1. The van der Waals surface area contributed by atoms with Crippen LogP contribution in [0.15, 0.2) is 42.5 Å². The Kier molecular flexibility index (Phi) is 3.14. The van der Waals surface area contributed by atoms with Crippen LogP contribution in [0.2, 0.25) is 10.0 Å². The standard InChI is InChI=1S/C12H8Cl2N/c13-9-5-7-10(8-6-9)15-12-4-2-1-3-11(12)14/h1-3,5-8,15H. The molecule has 75 valence electrons. The largest absolute Gasteiger partial charge is 0.354 e. The molecule has 0 aliphatic carbocycles. The third kappa shape index (κ3) is 2.65. The summed E-state index contributed by atoms with van der Waals surface area (Å²) in [7, 11) is 0. The first kappa shape index (κ1) is 10.3. The van der Waals surface area contributed by atoms with E-state index in [1.165, 1.54) is 0 Å². The predicted molar refractivity (Wildman–Crippen MR) is 65.0 cm³/mol. The van der Waals surface area contributed by atoms with E-state index < -0.39 is 0 Å². The predicted octanol–water partition coefficient (Wildman–Crippen LogP) is 4.54. The summed E-state index contributed by atoms with van der Waals surface area (Å²) in [4.78, 5) is 0. The smallest absolute Gasteiger partial charge is 0.0654 e. The van der Waals surface area contributed by atoms with E-state index in [-0.39, 0.29) is 0 Å². The van der Waals surface area contributed by atoms with Crippen LogP contribution in [0.3, 0.4) is 0 Å². The molecule has 0 aliphatic heterocycles. The zero-order valence-corrected chi connectivity index (χ0v) is 9.31. The van der Waals surface area contributed by atoms with Gasteiger partial charge in [0.05, 0.1) is 10.7 Å². The fraction of sp³-hybridized carbons (Fsp3) is 0. The Balaban J connectivity index is 2.22. The summed E-state index contributed by atoms with van der Waals surface area (Å²) in [5.74, 6) is 0. The summed E-state index contributed by atoms with van der Waals surface area (Å²) < 4.78 is 0. The molecule has 0 spiro atoms. The molecule has 0 fully saturated rings. The summed E-state index contributed by atoms with van der Waals surface area (Å²) in [6.07, 6.45) is 0. The SMILES string of the molecule is Clc1ccc(Nc2[c]cccc2Cl)cc1. The molecule has 1 radical (unpaired) electrons. The van der Waals surface area contributed by atoms with Crippen LogP contribution in [0.5, 0.6) is 0 Å². The van der Waals surface area contributed by atoms with Crippen molar-refractivity contribution in [3.05, 3.63) is 58.6 Å². The van der Waals surface area contributed by atoms with Crippen LogP contribution < -0.4 is 5.32 Å². The minimum absolute atomic E-state index is 0.646. The van der Waals surface area contributed by atoms with Gasteiger partial charge in [-0.05, 0) is 30.3 Å². The molecule has 0 saturated heterocycles. The van der Waals surface area contributed by atoms with Gasteiger partial charge in [0.15, 0.2) is 0 Å². The second kappa shape index (κ2) is 4.56. The average molecular weight is 237 g/mol. The lowest BCUT2D eigenvalue weighted by Crippen LogP contribution is -1.90. The average Bonchev–Trinajstić information content (AvgIpc) is 2.25. The van der Waals surface area contributed by atoms with Crippen LogP contribution in [0.25, 0.3) is 0 Å². The third-order valence-corrected chi connectivity index (χ3v) is 2.49. The highest BCUT2D eigenvalue weighted by atomic mass is 35.5. The molecule has 0 aromatic heterocycles. The highest BCUT2D eigenvalue weighted by molar-refractivity contribution is 6.33. The van der Waals surface area contributed by atoms with Crippen molar-refractivity contribution in [1.29, 1.82) is 0 Å². The fourth-order valence-electron chi connectivity index (χ4n) is 1.19. The molecule has 1 N–H and O–H groups in total. The molecule has 2 aromatic carbocycles. The molecule has 0 bridgehead atoms. The molecule has 1 nitrogen and oxygen atoms in total. The Morgan fingerprint density at radius 3 is 2.40 bits per heavy atom. The van der Waals surface area contributed by atoms with Gasteiger partial charge >= 0.3 is 0 Å². The minimum Gasteiger partial charge on any atom is -0.354 e. The molecular formula is C12H8Cl2N. The molecule has 2 aromatic rings. The van der Waals surface area contributed by atoms with Crippen molar-refractivity contribution < 1.29 is 0 Å². The van der Waals surface area contributed by atoms with Crippen LogP contribution in [-0.2, 0) is 0 Å². The second-order valence-corrected chi connectivity index (χ2v) is 3.87. The molecule has 0 aliphatic rings. The Labute approximate surface area is 98.6 Å². The number of rotatable bonds is 2. The lowest BCUT2D eigenvalue weighted by atomic mass is 10.2. The maximum atomic E-state index is 5.99. The summed E-state index contributed by atoms with van der Waals surface area (Å²) in [6.45, 7) is 0. The molecule has 2 rings (SSSR count). The third-order valence-electron chi connectivity index (χ3n) is 1.92. The van der Waals surface area contributed by atoms with Gasteiger partial charge in [-0.2, -0.15) is 0 Å². The van der Waals surface area contributed by atoms with Gasteiger partial charge in [0, 0.05) is 16.8 Å². The number of halogens is 2. The first-order valence-electron chi connectivity index (χ1n) is 4.44.